The van der Waals surface area contributed by atoms with E-state index < -0.39 is 0 Å². The lowest BCUT2D eigenvalue weighted by molar-refractivity contribution is 0.0326. The largest absolute Gasteiger partial charge is 0.377 e. The maximum absolute atomic E-state index is 6.23. The van der Waals surface area contributed by atoms with Crippen molar-refractivity contribution in [3.8, 4) is 0 Å². The maximum atomic E-state index is 6.23. The zero-order valence-corrected chi connectivity index (χ0v) is 13.3. The van der Waals surface area contributed by atoms with Crippen LogP contribution in [0.3, 0.4) is 0 Å². The zero-order chi connectivity index (χ0) is 15.0. The topological polar surface area (TPSA) is 45.9 Å². The molecule has 1 saturated heterocycles. The van der Waals surface area contributed by atoms with Gasteiger partial charge in [-0.2, -0.15) is 5.10 Å². The molecule has 2 aliphatic rings. The fraction of sp³-hybridized carbons (Fsp3) is 0.571. The number of morpholine rings is 1. The van der Waals surface area contributed by atoms with Crippen molar-refractivity contribution >= 4 is 23.3 Å². The number of hydrogen-bond acceptors (Lipinski definition) is 5. The minimum absolute atomic E-state index is 0.315. The first-order valence-electron chi connectivity index (χ1n) is 7.11. The molecule has 6 nitrogen and oxygen atoms in total. The lowest BCUT2D eigenvalue weighted by Crippen LogP contribution is -2.51. The lowest BCUT2D eigenvalue weighted by atomic mass is 10.2. The molecule has 0 amide bonds. The van der Waals surface area contributed by atoms with Crippen LogP contribution in [0.15, 0.2) is 22.4 Å². The van der Waals surface area contributed by atoms with Crippen LogP contribution >= 0.6 is 11.6 Å². The summed E-state index contributed by atoms with van der Waals surface area (Å²) in [7, 11) is 1.94. The van der Waals surface area contributed by atoms with E-state index in [-0.39, 0.29) is 0 Å². The van der Waals surface area contributed by atoms with Crippen molar-refractivity contribution < 1.29 is 4.74 Å². The predicted molar refractivity (Wildman–Crippen MR) is 83.6 cm³/mol. The highest BCUT2D eigenvalue weighted by Gasteiger charge is 2.26. The van der Waals surface area contributed by atoms with Crippen LogP contribution in [0.5, 0.6) is 0 Å². The molecule has 7 heteroatoms. The van der Waals surface area contributed by atoms with Gasteiger partial charge < -0.3 is 14.5 Å². The minimum Gasteiger partial charge on any atom is -0.377 e. The molecular formula is C14H20ClN5O. The van der Waals surface area contributed by atoms with E-state index in [4.69, 9.17) is 16.3 Å². The first-order valence-corrected chi connectivity index (χ1v) is 7.49. The van der Waals surface area contributed by atoms with E-state index in [1.807, 2.05) is 30.9 Å². The second-order valence-corrected chi connectivity index (χ2v) is 5.88. The van der Waals surface area contributed by atoms with Crippen molar-refractivity contribution in [1.82, 2.24) is 14.7 Å². The fourth-order valence-electron chi connectivity index (χ4n) is 2.79. The number of rotatable bonds is 1. The van der Waals surface area contributed by atoms with Crippen LogP contribution in [0.1, 0.15) is 12.6 Å². The summed E-state index contributed by atoms with van der Waals surface area (Å²) in [6, 6.07) is 2.36. The molecule has 1 atom stereocenters. The molecule has 0 aliphatic carbocycles. The second-order valence-electron chi connectivity index (χ2n) is 5.49. The SMILES string of the molecule is Cc1cc(N2C=C(Cl)N=C(N3CCOCC3C)C2)n(C)n1. The molecule has 0 spiro atoms. The Labute approximate surface area is 129 Å². The number of aliphatic imine (C=N–C) groups is 1. The number of amidine groups is 1. The van der Waals surface area contributed by atoms with Gasteiger partial charge in [0.1, 0.15) is 16.8 Å². The van der Waals surface area contributed by atoms with Crippen molar-refractivity contribution in [2.24, 2.45) is 12.0 Å². The van der Waals surface area contributed by atoms with Crippen LogP contribution in [-0.4, -0.2) is 52.9 Å². The Morgan fingerprint density at radius 1 is 1.43 bits per heavy atom. The highest BCUT2D eigenvalue weighted by atomic mass is 35.5. The first kappa shape index (κ1) is 14.4. The third-order valence-corrected chi connectivity index (χ3v) is 3.96. The van der Waals surface area contributed by atoms with Gasteiger partial charge in [-0.15, -0.1) is 0 Å². The Morgan fingerprint density at radius 2 is 2.24 bits per heavy atom. The molecule has 3 heterocycles. The van der Waals surface area contributed by atoms with Gasteiger partial charge in [0.25, 0.3) is 0 Å². The van der Waals surface area contributed by atoms with Crippen molar-refractivity contribution in [2.75, 3.05) is 31.2 Å². The molecule has 1 unspecified atom stereocenters. The summed E-state index contributed by atoms with van der Waals surface area (Å²) in [6.45, 7) is 7.13. The normalized spacial score (nSPS) is 23.1. The van der Waals surface area contributed by atoms with Gasteiger partial charge in [-0.3, -0.25) is 4.68 Å². The molecule has 0 saturated carbocycles. The monoisotopic (exact) mass is 309 g/mol. The molecule has 0 N–H and O–H groups in total. The molecule has 0 radical (unpaired) electrons. The molecular weight excluding hydrogens is 290 g/mol. The number of hydrogen-bond donors (Lipinski definition) is 0. The number of aryl methyl sites for hydroxylation is 2. The van der Waals surface area contributed by atoms with Crippen LogP contribution in [-0.2, 0) is 11.8 Å². The minimum atomic E-state index is 0.315. The molecule has 114 valence electrons. The molecule has 2 aliphatic heterocycles. The van der Waals surface area contributed by atoms with E-state index in [0.717, 1.165) is 37.1 Å². The van der Waals surface area contributed by atoms with E-state index in [1.165, 1.54) is 0 Å². The van der Waals surface area contributed by atoms with Gasteiger partial charge in [0.2, 0.25) is 0 Å². The zero-order valence-electron chi connectivity index (χ0n) is 12.6. The number of nitrogens with zero attached hydrogens (tertiary/aromatic N) is 5. The van der Waals surface area contributed by atoms with Gasteiger partial charge >= 0.3 is 0 Å². The van der Waals surface area contributed by atoms with Crippen LogP contribution in [0.2, 0.25) is 0 Å². The van der Waals surface area contributed by atoms with Crippen molar-refractivity contribution in [3.63, 3.8) is 0 Å². The van der Waals surface area contributed by atoms with Gasteiger partial charge in [0.15, 0.2) is 0 Å². The lowest BCUT2D eigenvalue weighted by Gasteiger charge is -2.38. The molecule has 0 bridgehead atoms. The highest BCUT2D eigenvalue weighted by molar-refractivity contribution is 6.30. The highest BCUT2D eigenvalue weighted by Crippen LogP contribution is 2.23. The van der Waals surface area contributed by atoms with Crippen molar-refractivity contribution in [1.29, 1.82) is 0 Å². The molecule has 1 aromatic rings. The predicted octanol–water partition coefficient (Wildman–Crippen LogP) is 1.71. The summed E-state index contributed by atoms with van der Waals surface area (Å²) >= 11 is 6.23. The number of aromatic nitrogens is 2. The molecule has 21 heavy (non-hydrogen) atoms. The molecule has 3 rings (SSSR count). The van der Waals surface area contributed by atoms with E-state index in [2.05, 4.69) is 26.8 Å². The molecule has 0 aromatic carbocycles. The van der Waals surface area contributed by atoms with Gasteiger partial charge in [-0.1, -0.05) is 11.6 Å². The summed E-state index contributed by atoms with van der Waals surface area (Å²) in [5, 5.41) is 4.89. The summed E-state index contributed by atoms with van der Waals surface area (Å²) in [6.07, 6.45) is 1.85. The number of anilines is 1. The van der Waals surface area contributed by atoms with Gasteiger partial charge in [-0.25, -0.2) is 4.99 Å². The average Bonchev–Trinajstić information content (AvgIpc) is 2.77. The Morgan fingerprint density at radius 3 is 2.90 bits per heavy atom. The van der Waals surface area contributed by atoms with Crippen LogP contribution < -0.4 is 4.90 Å². The summed E-state index contributed by atoms with van der Waals surface area (Å²) < 4.78 is 7.35. The average molecular weight is 310 g/mol. The van der Waals surface area contributed by atoms with E-state index in [0.29, 0.717) is 17.7 Å². The van der Waals surface area contributed by atoms with Crippen LogP contribution in [0, 0.1) is 6.92 Å². The second kappa shape index (κ2) is 5.69. The Hall–Kier alpha value is -1.53. The maximum Gasteiger partial charge on any atom is 0.147 e. The smallest absolute Gasteiger partial charge is 0.147 e. The third-order valence-electron chi connectivity index (χ3n) is 3.78. The quantitative estimate of drug-likeness (QED) is 0.741. The summed E-state index contributed by atoms with van der Waals surface area (Å²) in [4.78, 5) is 8.87. The summed E-state index contributed by atoms with van der Waals surface area (Å²) in [5.74, 6) is 2.00. The Kier molecular flexibility index (Phi) is 3.91. The number of ether oxygens (including phenoxy) is 1. The fourth-order valence-corrected chi connectivity index (χ4v) is 3.01. The third kappa shape index (κ3) is 2.91. The van der Waals surface area contributed by atoms with Crippen molar-refractivity contribution in [2.45, 2.75) is 19.9 Å². The van der Waals surface area contributed by atoms with Gasteiger partial charge in [-0.05, 0) is 13.8 Å². The van der Waals surface area contributed by atoms with E-state index in [1.54, 1.807) is 0 Å². The summed E-state index contributed by atoms with van der Waals surface area (Å²) in [5.41, 5.74) is 0.987. The first-order chi connectivity index (χ1) is 10.0. The number of halogens is 1. The van der Waals surface area contributed by atoms with Crippen molar-refractivity contribution in [3.05, 3.63) is 23.1 Å². The van der Waals surface area contributed by atoms with Crippen LogP contribution in [0.25, 0.3) is 0 Å². The van der Waals surface area contributed by atoms with Crippen LogP contribution in [0.4, 0.5) is 5.82 Å². The Bertz CT molecular complexity index is 594. The van der Waals surface area contributed by atoms with Gasteiger partial charge in [0, 0.05) is 25.9 Å². The van der Waals surface area contributed by atoms with E-state index in [9.17, 15) is 0 Å². The van der Waals surface area contributed by atoms with Gasteiger partial charge in [0.05, 0.1) is 31.5 Å². The molecule has 1 aromatic heterocycles. The Balaban J connectivity index is 1.85. The molecule has 1 fully saturated rings. The standard InChI is InChI=1S/C14H20ClN5O/c1-10-6-14(18(3)17-10)19-7-12(15)16-13(8-19)20-4-5-21-9-11(20)2/h6-7,11H,4-5,8-9H2,1-3H3. The van der Waals surface area contributed by atoms with E-state index >= 15 is 0 Å².